The molecule has 13 heavy (non-hydrogen) atoms. The summed E-state index contributed by atoms with van der Waals surface area (Å²) in [5.74, 6) is 0.939. The summed E-state index contributed by atoms with van der Waals surface area (Å²) >= 11 is 0. The van der Waals surface area contributed by atoms with Gasteiger partial charge in [0, 0.05) is 6.54 Å². The number of likely N-dealkylation sites (tertiary alicyclic amines) is 1. The van der Waals surface area contributed by atoms with E-state index >= 15 is 0 Å². The van der Waals surface area contributed by atoms with Gasteiger partial charge >= 0.3 is 0 Å². The van der Waals surface area contributed by atoms with Gasteiger partial charge in [0.1, 0.15) is 0 Å². The molecule has 1 fully saturated rings. The molecule has 0 aromatic heterocycles. The van der Waals surface area contributed by atoms with Crippen LogP contribution in [0.4, 0.5) is 0 Å². The molecule has 0 spiro atoms. The predicted molar refractivity (Wildman–Crippen MR) is 53.4 cm³/mol. The summed E-state index contributed by atoms with van der Waals surface area (Å²) in [7, 11) is -1.46. The quantitative estimate of drug-likeness (QED) is 0.601. The molecule has 1 rings (SSSR count). The van der Waals surface area contributed by atoms with Gasteiger partial charge in [-0.25, -0.2) is 0 Å². The Balaban J connectivity index is 0.000000252. The minimum Gasteiger partial charge on any atom is -0.306 e. The SMILES string of the molecule is CC1CCCN(C)C1.CS(=O)(=O)O. The van der Waals surface area contributed by atoms with Gasteiger partial charge in [0.25, 0.3) is 10.1 Å². The highest BCUT2D eigenvalue weighted by molar-refractivity contribution is 7.85. The third-order valence-electron chi connectivity index (χ3n) is 1.86. The summed E-state index contributed by atoms with van der Waals surface area (Å²) in [6.45, 7) is 4.94. The van der Waals surface area contributed by atoms with Gasteiger partial charge in [0.15, 0.2) is 0 Å². The molecule has 1 N–H and O–H groups in total. The fourth-order valence-electron chi connectivity index (χ4n) is 1.42. The van der Waals surface area contributed by atoms with Crippen LogP contribution >= 0.6 is 0 Å². The first kappa shape index (κ1) is 12.9. The van der Waals surface area contributed by atoms with Crippen molar-refractivity contribution in [3.05, 3.63) is 0 Å². The number of hydrogen-bond acceptors (Lipinski definition) is 3. The zero-order chi connectivity index (χ0) is 10.5. The van der Waals surface area contributed by atoms with Crippen LogP contribution < -0.4 is 0 Å². The monoisotopic (exact) mass is 209 g/mol. The molecule has 1 atom stereocenters. The molecule has 1 aliphatic heterocycles. The Bertz CT molecular complexity index is 210. The van der Waals surface area contributed by atoms with Crippen molar-refractivity contribution in [1.82, 2.24) is 4.90 Å². The van der Waals surface area contributed by atoms with Crippen LogP contribution in [0.3, 0.4) is 0 Å². The van der Waals surface area contributed by atoms with Gasteiger partial charge in [0.2, 0.25) is 0 Å². The van der Waals surface area contributed by atoms with Crippen molar-refractivity contribution in [1.29, 1.82) is 0 Å². The summed E-state index contributed by atoms with van der Waals surface area (Å²) < 4.78 is 25.9. The zero-order valence-corrected chi connectivity index (χ0v) is 9.34. The van der Waals surface area contributed by atoms with E-state index in [0.29, 0.717) is 6.26 Å². The summed E-state index contributed by atoms with van der Waals surface area (Å²) in [6.07, 6.45) is 3.55. The van der Waals surface area contributed by atoms with Gasteiger partial charge in [-0.05, 0) is 32.4 Å². The van der Waals surface area contributed by atoms with Gasteiger partial charge in [-0.1, -0.05) is 6.92 Å². The van der Waals surface area contributed by atoms with Crippen LogP contribution in [-0.4, -0.2) is 44.3 Å². The van der Waals surface area contributed by atoms with E-state index in [4.69, 9.17) is 4.55 Å². The Kier molecular flexibility index (Phi) is 5.51. The van der Waals surface area contributed by atoms with Gasteiger partial charge in [-0.3, -0.25) is 4.55 Å². The Morgan fingerprint density at radius 1 is 1.46 bits per heavy atom. The minimum absolute atomic E-state index is 0.715. The van der Waals surface area contributed by atoms with E-state index in [9.17, 15) is 8.42 Å². The smallest absolute Gasteiger partial charge is 0.261 e. The first-order chi connectivity index (χ1) is 5.79. The normalized spacial score (nSPS) is 24.8. The van der Waals surface area contributed by atoms with Gasteiger partial charge in [-0.15, -0.1) is 0 Å². The predicted octanol–water partition coefficient (Wildman–Crippen LogP) is 0.852. The zero-order valence-electron chi connectivity index (χ0n) is 8.52. The molecule has 4 nitrogen and oxygen atoms in total. The van der Waals surface area contributed by atoms with Crippen molar-refractivity contribution < 1.29 is 13.0 Å². The molecule has 0 saturated carbocycles. The second-order valence-corrected chi connectivity index (χ2v) is 5.21. The highest BCUT2D eigenvalue weighted by Crippen LogP contribution is 2.12. The van der Waals surface area contributed by atoms with Gasteiger partial charge in [0.05, 0.1) is 6.26 Å². The molecule has 0 amide bonds. The standard InChI is InChI=1S/C7H15N.CH4O3S/c1-7-4-3-5-8(2)6-7;1-5(2,3)4/h7H,3-6H2,1-2H3;1H3,(H,2,3,4). The highest BCUT2D eigenvalue weighted by Gasteiger charge is 2.11. The lowest BCUT2D eigenvalue weighted by Crippen LogP contribution is -2.30. The van der Waals surface area contributed by atoms with Crippen molar-refractivity contribution in [2.24, 2.45) is 5.92 Å². The highest BCUT2D eigenvalue weighted by atomic mass is 32.2. The van der Waals surface area contributed by atoms with E-state index in [1.54, 1.807) is 0 Å². The lowest BCUT2D eigenvalue weighted by molar-refractivity contribution is 0.221. The van der Waals surface area contributed by atoms with E-state index in [1.165, 1.54) is 25.9 Å². The van der Waals surface area contributed by atoms with Crippen LogP contribution in [0.2, 0.25) is 0 Å². The summed E-state index contributed by atoms with van der Waals surface area (Å²) in [5.41, 5.74) is 0. The molecular formula is C8H19NO3S. The van der Waals surface area contributed by atoms with Crippen LogP contribution in [0.5, 0.6) is 0 Å². The molecule has 1 heterocycles. The maximum Gasteiger partial charge on any atom is 0.261 e. The number of rotatable bonds is 0. The number of nitrogens with zero attached hydrogens (tertiary/aromatic N) is 1. The maximum atomic E-state index is 9.19. The molecule has 0 aromatic rings. The van der Waals surface area contributed by atoms with E-state index in [1.807, 2.05) is 0 Å². The molecule has 1 unspecified atom stereocenters. The fourth-order valence-corrected chi connectivity index (χ4v) is 1.42. The first-order valence-electron chi connectivity index (χ1n) is 4.40. The van der Waals surface area contributed by atoms with E-state index in [-0.39, 0.29) is 0 Å². The maximum absolute atomic E-state index is 9.19. The number of hydrogen-bond donors (Lipinski definition) is 1. The fraction of sp³-hybridized carbons (Fsp3) is 1.00. The average Bonchev–Trinajstić information content (AvgIpc) is 1.81. The number of piperidine rings is 1. The Morgan fingerprint density at radius 3 is 2.15 bits per heavy atom. The van der Waals surface area contributed by atoms with Crippen LogP contribution in [0.25, 0.3) is 0 Å². The third-order valence-corrected chi connectivity index (χ3v) is 1.86. The second-order valence-electron chi connectivity index (χ2n) is 3.74. The lowest BCUT2D eigenvalue weighted by Gasteiger charge is -2.26. The summed E-state index contributed by atoms with van der Waals surface area (Å²) in [6, 6.07) is 0. The molecule has 0 aromatic carbocycles. The Morgan fingerprint density at radius 2 is 1.92 bits per heavy atom. The first-order valence-corrected chi connectivity index (χ1v) is 6.25. The Labute approximate surface area is 80.7 Å². The van der Waals surface area contributed by atoms with E-state index in [0.717, 1.165) is 5.92 Å². The molecule has 5 heteroatoms. The lowest BCUT2D eigenvalue weighted by atomic mass is 10.0. The van der Waals surface area contributed by atoms with Gasteiger partial charge in [-0.2, -0.15) is 8.42 Å². The molecule has 0 aliphatic carbocycles. The topological polar surface area (TPSA) is 57.6 Å². The molecule has 1 saturated heterocycles. The summed E-state index contributed by atoms with van der Waals surface area (Å²) in [5, 5.41) is 0. The van der Waals surface area contributed by atoms with Crippen LogP contribution in [0, 0.1) is 5.92 Å². The van der Waals surface area contributed by atoms with Crippen LogP contribution in [0.1, 0.15) is 19.8 Å². The molecule has 0 radical (unpaired) electrons. The molecular weight excluding hydrogens is 190 g/mol. The van der Waals surface area contributed by atoms with Gasteiger partial charge < -0.3 is 4.90 Å². The minimum atomic E-state index is -3.67. The van der Waals surface area contributed by atoms with Crippen molar-refractivity contribution in [3.63, 3.8) is 0 Å². The van der Waals surface area contributed by atoms with Crippen LogP contribution in [-0.2, 0) is 10.1 Å². The Hall–Kier alpha value is -0.130. The van der Waals surface area contributed by atoms with Crippen molar-refractivity contribution in [3.8, 4) is 0 Å². The van der Waals surface area contributed by atoms with E-state index in [2.05, 4.69) is 18.9 Å². The van der Waals surface area contributed by atoms with E-state index < -0.39 is 10.1 Å². The largest absolute Gasteiger partial charge is 0.306 e. The third kappa shape index (κ3) is 11.9. The second kappa shape index (κ2) is 5.57. The van der Waals surface area contributed by atoms with Crippen LogP contribution in [0.15, 0.2) is 0 Å². The average molecular weight is 209 g/mol. The van der Waals surface area contributed by atoms with Crippen molar-refractivity contribution in [2.75, 3.05) is 26.4 Å². The molecule has 0 bridgehead atoms. The van der Waals surface area contributed by atoms with Crippen molar-refractivity contribution in [2.45, 2.75) is 19.8 Å². The summed E-state index contributed by atoms with van der Waals surface area (Å²) in [4.78, 5) is 2.41. The van der Waals surface area contributed by atoms with Crippen molar-refractivity contribution >= 4 is 10.1 Å². The molecule has 80 valence electrons. The molecule has 1 aliphatic rings.